The highest BCUT2D eigenvalue weighted by atomic mass is 35.5. The number of halogens is 1. The van der Waals surface area contributed by atoms with Crippen molar-refractivity contribution in [1.82, 2.24) is 20.3 Å². The fourth-order valence-corrected chi connectivity index (χ4v) is 4.63. The minimum absolute atomic E-state index is 0.197. The summed E-state index contributed by atoms with van der Waals surface area (Å²) >= 11 is 6.15. The Bertz CT molecular complexity index is 1120. The first kappa shape index (κ1) is 26.9. The highest BCUT2D eigenvalue weighted by Crippen LogP contribution is 2.30. The van der Waals surface area contributed by atoms with E-state index in [0.717, 1.165) is 49.1 Å². The van der Waals surface area contributed by atoms with Crippen molar-refractivity contribution in [3.63, 3.8) is 0 Å². The van der Waals surface area contributed by atoms with Crippen molar-refractivity contribution in [2.45, 2.75) is 12.6 Å². The van der Waals surface area contributed by atoms with E-state index in [1.807, 2.05) is 36.4 Å². The zero-order valence-corrected chi connectivity index (χ0v) is 21.7. The second kappa shape index (κ2) is 13.4. The van der Waals surface area contributed by atoms with Gasteiger partial charge in [0.05, 0.1) is 13.1 Å². The number of rotatable bonds is 10. The molecule has 0 unspecified atom stereocenters. The summed E-state index contributed by atoms with van der Waals surface area (Å²) in [5, 5.41) is 12.6. The number of carbonyl (C=O) groups is 1. The van der Waals surface area contributed by atoms with Crippen LogP contribution in [0.4, 0.5) is 4.79 Å². The predicted octanol–water partition coefficient (Wildman–Crippen LogP) is 4.59. The lowest BCUT2D eigenvalue weighted by molar-refractivity contribution is -0.283. The molecular formula is C28H33ClN4O4. The molecule has 0 radical (unpaired) electrons. The van der Waals surface area contributed by atoms with Gasteiger partial charge in [-0.25, -0.2) is 4.79 Å². The van der Waals surface area contributed by atoms with E-state index < -0.39 is 6.09 Å². The molecule has 196 valence electrons. The topological polar surface area (TPSA) is 77.5 Å². The fourth-order valence-electron chi connectivity index (χ4n) is 4.50. The van der Waals surface area contributed by atoms with Crippen LogP contribution in [0.1, 0.15) is 22.7 Å². The molecule has 9 heteroatoms. The van der Waals surface area contributed by atoms with Crippen molar-refractivity contribution in [2.24, 2.45) is 0 Å². The number of hydrogen-bond acceptors (Lipinski definition) is 7. The van der Waals surface area contributed by atoms with Gasteiger partial charge in [-0.1, -0.05) is 66.2 Å². The first-order valence-electron chi connectivity index (χ1n) is 12.3. The van der Waals surface area contributed by atoms with Crippen LogP contribution in [0.2, 0.25) is 5.02 Å². The van der Waals surface area contributed by atoms with Crippen LogP contribution in [0.15, 0.2) is 78.9 Å². The van der Waals surface area contributed by atoms with Gasteiger partial charge in [0.2, 0.25) is 0 Å². The molecule has 0 aromatic heterocycles. The van der Waals surface area contributed by atoms with Gasteiger partial charge in [-0.2, -0.15) is 0 Å². The molecule has 3 aromatic rings. The molecule has 2 N–H and O–H groups in total. The summed E-state index contributed by atoms with van der Waals surface area (Å²) < 4.78 is 5.98. The van der Waals surface area contributed by atoms with Gasteiger partial charge >= 0.3 is 6.09 Å². The Labute approximate surface area is 222 Å². The van der Waals surface area contributed by atoms with Crippen molar-refractivity contribution in [2.75, 3.05) is 46.4 Å². The summed E-state index contributed by atoms with van der Waals surface area (Å²) in [7, 11) is 1.22. The van der Waals surface area contributed by atoms with Crippen molar-refractivity contribution in [1.29, 1.82) is 0 Å². The van der Waals surface area contributed by atoms with Crippen molar-refractivity contribution >= 4 is 17.7 Å². The first-order chi connectivity index (χ1) is 18.0. The Morgan fingerprint density at radius 1 is 1.00 bits per heavy atom. The van der Waals surface area contributed by atoms with Crippen LogP contribution in [0, 0.1) is 0 Å². The number of ether oxygens (including phenoxy) is 1. The normalized spacial score (nSPS) is 15.4. The molecule has 3 aromatic carbocycles. The largest absolute Gasteiger partial charge is 0.492 e. The SMILES string of the molecule is CN(O)OC(=O)NCc1cccc(OCCN2CCN([C@H](c3ccccc3)c3ccc(Cl)cc3)CC2)c1. The van der Waals surface area contributed by atoms with Gasteiger partial charge in [-0.3, -0.25) is 15.0 Å². The number of nitrogens with zero attached hydrogens (tertiary/aromatic N) is 3. The molecule has 1 atom stereocenters. The molecule has 1 heterocycles. The van der Waals surface area contributed by atoms with E-state index in [-0.39, 0.29) is 12.6 Å². The number of carbonyl (C=O) groups excluding carboxylic acids is 1. The molecule has 0 bridgehead atoms. The molecule has 1 aliphatic rings. The van der Waals surface area contributed by atoms with Crippen LogP contribution in [-0.4, -0.2) is 72.7 Å². The predicted molar refractivity (Wildman–Crippen MR) is 143 cm³/mol. The van der Waals surface area contributed by atoms with Gasteiger partial charge in [0.15, 0.2) is 0 Å². The highest BCUT2D eigenvalue weighted by Gasteiger charge is 2.26. The van der Waals surface area contributed by atoms with E-state index in [2.05, 4.69) is 62.4 Å². The summed E-state index contributed by atoms with van der Waals surface area (Å²) in [6.45, 7) is 5.53. The summed E-state index contributed by atoms with van der Waals surface area (Å²) in [6, 6.07) is 26.6. The number of hydrogen-bond donors (Lipinski definition) is 2. The minimum Gasteiger partial charge on any atom is -0.492 e. The van der Waals surface area contributed by atoms with Crippen LogP contribution >= 0.6 is 11.6 Å². The van der Waals surface area contributed by atoms with Gasteiger partial charge in [0.1, 0.15) is 12.4 Å². The standard InChI is InChI=1S/C28H33ClN4O4/c1-31(35)37-28(34)30-21-22-6-5-9-26(20-22)36-19-18-32-14-16-33(17-15-32)27(23-7-3-2-4-8-23)24-10-12-25(29)13-11-24/h2-13,20,27,35H,14-19,21H2,1H3,(H,30,34)/t27-/m1/s1. The first-order valence-corrected chi connectivity index (χ1v) is 12.7. The van der Waals surface area contributed by atoms with Crippen molar-refractivity contribution < 1.29 is 19.6 Å². The Hall–Kier alpha value is -3.14. The summed E-state index contributed by atoms with van der Waals surface area (Å²) in [5.41, 5.74) is 3.41. The highest BCUT2D eigenvalue weighted by molar-refractivity contribution is 6.30. The van der Waals surface area contributed by atoms with Crippen LogP contribution in [0.25, 0.3) is 0 Å². The van der Waals surface area contributed by atoms with Gasteiger partial charge in [0, 0.05) is 44.3 Å². The third-order valence-corrected chi connectivity index (χ3v) is 6.55. The zero-order chi connectivity index (χ0) is 26.0. The monoisotopic (exact) mass is 524 g/mol. The second-order valence-electron chi connectivity index (χ2n) is 8.93. The Balaban J connectivity index is 1.26. The molecule has 1 aliphatic heterocycles. The smallest absolute Gasteiger partial charge is 0.428 e. The molecule has 4 rings (SSSR count). The van der Waals surface area contributed by atoms with Crippen LogP contribution in [0.3, 0.4) is 0 Å². The van der Waals surface area contributed by atoms with E-state index in [1.165, 1.54) is 18.2 Å². The Morgan fingerprint density at radius 2 is 1.70 bits per heavy atom. The molecule has 1 fully saturated rings. The summed E-state index contributed by atoms with van der Waals surface area (Å²) in [5.74, 6) is 0.748. The maximum Gasteiger partial charge on any atom is 0.428 e. The quantitative estimate of drug-likeness (QED) is 0.376. The van der Waals surface area contributed by atoms with E-state index in [4.69, 9.17) is 21.5 Å². The van der Waals surface area contributed by atoms with Crippen LogP contribution in [-0.2, 0) is 11.4 Å². The third-order valence-electron chi connectivity index (χ3n) is 6.30. The van der Waals surface area contributed by atoms with E-state index >= 15 is 0 Å². The molecule has 1 saturated heterocycles. The molecular weight excluding hydrogens is 492 g/mol. The maximum atomic E-state index is 11.5. The van der Waals surface area contributed by atoms with Gasteiger partial charge in [-0.15, -0.1) is 0 Å². The third kappa shape index (κ3) is 8.18. The van der Waals surface area contributed by atoms with Gasteiger partial charge in [-0.05, 0) is 46.2 Å². The zero-order valence-electron chi connectivity index (χ0n) is 20.9. The van der Waals surface area contributed by atoms with E-state index in [1.54, 1.807) is 0 Å². The lowest BCUT2D eigenvalue weighted by Gasteiger charge is -2.39. The van der Waals surface area contributed by atoms with Crippen molar-refractivity contribution in [3.8, 4) is 5.75 Å². The fraction of sp³-hybridized carbons (Fsp3) is 0.321. The Morgan fingerprint density at radius 3 is 2.41 bits per heavy atom. The molecule has 37 heavy (non-hydrogen) atoms. The average molecular weight is 525 g/mol. The molecule has 0 saturated carbocycles. The summed E-state index contributed by atoms with van der Waals surface area (Å²) in [6.07, 6.45) is -0.735. The number of amides is 1. The van der Waals surface area contributed by atoms with Gasteiger partial charge < -0.3 is 14.9 Å². The second-order valence-corrected chi connectivity index (χ2v) is 9.37. The Kier molecular flexibility index (Phi) is 9.76. The number of hydroxylamine groups is 2. The maximum absolute atomic E-state index is 11.5. The number of nitrogens with one attached hydrogen (secondary N) is 1. The van der Waals surface area contributed by atoms with Gasteiger partial charge in [0.25, 0.3) is 0 Å². The number of piperazine rings is 1. The lowest BCUT2D eigenvalue weighted by Crippen LogP contribution is -2.48. The number of benzene rings is 3. The van der Waals surface area contributed by atoms with Crippen molar-refractivity contribution in [3.05, 3.63) is 101 Å². The molecule has 0 aliphatic carbocycles. The van der Waals surface area contributed by atoms with E-state index in [0.29, 0.717) is 11.8 Å². The van der Waals surface area contributed by atoms with E-state index in [9.17, 15) is 4.79 Å². The molecule has 1 amide bonds. The van der Waals surface area contributed by atoms with Crippen LogP contribution < -0.4 is 10.1 Å². The average Bonchev–Trinajstić information content (AvgIpc) is 2.90. The molecule has 8 nitrogen and oxygen atoms in total. The lowest BCUT2D eigenvalue weighted by atomic mass is 9.96. The van der Waals surface area contributed by atoms with Crippen LogP contribution in [0.5, 0.6) is 5.75 Å². The molecule has 0 spiro atoms. The minimum atomic E-state index is -0.735. The summed E-state index contributed by atoms with van der Waals surface area (Å²) in [4.78, 5) is 21.0.